The highest BCUT2D eigenvalue weighted by Crippen LogP contribution is 2.44. The number of carboxylic acid groups (broad SMARTS) is 1. The summed E-state index contributed by atoms with van der Waals surface area (Å²) < 4.78 is 11.3. The minimum atomic E-state index is -0.976. The molecule has 200 valence electrons. The van der Waals surface area contributed by atoms with Crippen LogP contribution in [0.15, 0.2) is 48.5 Å². The van der Waals surface area contributed by atoms with E-state index in [1.165, 1.54) is 9.80 Å². The highest BCUT2D eigenvalue weighted by atomic mass is 16.6. The third kappa shape index (κ3) is 5.91. The zero-order chi connectivity index (χ0) is 27.4. The molecule has 0 radical (unpaired) electrons. The van der Waals surface area contributed by atoms with Gasteiger partial charge in [-0.15, -0.1) is 0 Å². The lowest BCUT2D eigenvalue weighted by Crippen LogP contribution is -2.46. The largest absolute Gasteiger partial charge is 0.481 e. The second-order valence-corrected chi connectivity index (χ2v) is 10.7. The minimum Gasteiger partial charge on any atom is -0.481 e. The summed E-state index contributed by atoms with van der Waals surface area (Å²) in [7, 11) is 0. The van der Waals surface area contributed by atoms with Gasteiger partial charge in [0.25, 0.3) is 0 Å². The number of aliphatic carboxylic acids is 1. The van der Waals surface area contributed by atoms with Gasteiger partial charge in [-0.2, -0.15) is 5.26 Å². The number of benzene rings is 2. The number of carboxylic acids is 1. The van der Waals surface area contributed by atoms with Crippen molar-refractivity contribution in [3.63, 3.8) is 0 Å². The zero-order valence-electron chi connectivity index (χ0n) is 21.9. The molecule has 2 aromatic carbocycles. The second kappa shape index (κ2) is 11.1. The lowest BCUT2D eigenvalue weighted by Gasteiger charge is -2.30. The zero-order valence-corrected chi connectivity index (χ0v) is 21.9. The van der Waals surface area contributed by atoms with Crippen molar-refractivity contribution in [2.24, 2.45) is 5.92 Å². The van der Waals surface area contributed by atoms with Gasteiger partial charge in [-0.05, 0) is 49.4 Å². The number of hydrogen-bond acceptors (Lipinski definition) is 6. The van der Waals surface area contributed by atoms with E-state index in [0.717, 1.165) is 22.3 Å². The third-order valence-corrected chi connectivity index (χ3v) is 6.87. The Hall–Kier alpha value is -4.06. The lowest BCUT2D eigenvalue weighted by atomic mass is 9.98. The Labute approximate surface area is 222 Å². The van der Waals surface area contributed by atoms with Crippen molar-refractivity contribution >= 4 is 18.2 Å². The van der Waals surface area contributed by atoms with Gasteiger partial charge in [0.05, 0.1) is 18.0 Å². The summed E-state index contributed by atoms with van der Waals surface area (Å²) in [5.74, 6) is -1.77. The Morgan fingerprint density at radius 1 is 1.05 bits per heavy atom. The fourth-order valence-electron chi connectivity index (χ4n) is 5.17. The van der Waals surface area contributed by atoms with Crippen LogP contribution in [0.3, 0.4) is 0 Å². The van der Waals surface area contributed by atoms with Gasteiger partial charge in [-0.25, -0.2) is 9.59 Å². The molecule has 9 nitrogen and oxygen atoms in total. The average molecular weight is 520 g/mol. The molecule has 2 aliphatic rings. The van der Waals surface area contributed by atoms with Crippen LogP contribution >= 0.6 is 0 Å². The normalized spacial score (nSPS) is 18.3. The molecule has 1 saturated heterocycles. The summed E-state index contributed by atoms with van der Waals surface area (Å²) in [6, 6.07) is 17.6. The lowest BCUT2D eigenvalue weighted by molar-refractivity contribution is -0.137. The van der Waals surface area contributed by atoms with Crippen molar-refractivity contribution in [2.75, 3.05) is 26.2 Å². The maximum atomic E-state index is 13.5. The van der Waals surface area contributed by atoms with Gasteiger partial charge in [0.2, 0.25) is 0 Å². The number of fused-ring (bicyclic) bond motifs is 3. The van der Waals surface area contributed by atoms with Crippen LogP contribution in [0.25, 0.3) is 11.1 Å². The van der Waals surface area contributed by atoms with Crippen molar-refractivity contribution in [1.29, 1.82) is 5.26 Å². The molecule has 0 aromatic heterocycles. The van der Waals surface area contributed by atoms with Gasteiger partial charge in [-0.3, -0.25) is 4.79 Å². The van der Waals surface area contributed by atoms with Crippen LogP contribution in [0.2, 0.25) is 0 Å². The van der Waals surface area contributed by atoms with Crippen LogP contribution < -0.4 is 0 Å². The Bertz CT molecular complexity index is 1200. The van der Waals surface area contributed by atoms with E-state index < -0.39 is 35.7 Å². The summed E-state index contributed by atoms with van der Waals surface area (Å²) in [5, 5.41) is 19.0. The molecule has 2 aromatic rings. The van der Waals surface area contributed by atoms with Crippen LogP contribution in [-0.4, -0.2) is 70.9 Å². The molecule has 38 heavy (non-hydrogen) atoms. The maximum absolute atomic E-state index is 13.5. The van der Waals surface area contributed by atoms with E-state index in [2.05, 4.69) is 18.2 Å². The molecule has 1 aliphatic heterocycles. The molecule has 2 amide bonds. The standard InChI is InChI=1S/C29H33N3O6/c1-29(2,3)38-27(35)31-16-19(15-30)25(17-31)32(14-8-13-26(33)34)28(36)37-18-24-22-11-6-4-9-20(22)21-10-5-7-12-23(21)24/h4-7,9-12,19,24-25H,8,13-14,16-18H2,1-3H3,(H,33,34). The van der Waals surface area contributed by atoms with Gasteiger partial charge in [0.1, 0.15) is 12.2 Å². The van der Waals surface area contributed by atoms with Crippen LogP contribution in [0.4, 0.5) is 9.59 Å². The first-order valence-electron chi connectivity index (χ1n) is 12.8. The fourth-order valence-corrected chi connectivity index (χ4v) is 5.17. The Morgan fingerprint density at radius 3 is 2.21 bits per heavy atom. The Kier molecular flexibility index (Phi) is 7.91. The molecule has 1 aliphatic carbocycles. The van der Waals surface area contributed by atoms with Crippen LogP contribution in [0, 0.1) is 17.2 Å². The predicted molar refractivity (Wildman–Crippen MR) is 139 cm³/mol. The summed E-state index contributed by atoms with van der Waals surface area (Å²) >= 11 is 0. The number of ether oxygens (including phenoxy) is 2. The molecule has 4 rings (SSSR count). The SMILES string of the molecule is CC(C)(C)OC(=O)N1CC(C#N)C(N(CCCC(=O)O)C(=O)OCC2c3ccccc3-c3ccccc32)C1. The molecular weight excluding hydrogens is 486 g/mol. The highest BCUT2D eigenvalue weighted by molar-refractivity contribution is 5.79. The van der Waals surface area contributed by atoms with Crippen molar-refractivity contribution < 1.29 is 29.0 Å². The van der Waals surface area contributed by atoms with Crippen molar-refractivity contribution in [2.45, 2.75) is 51.2 Å². The number of carbonyl (C=O) groups is 3. The molecular formula is C29H33N3O6. The topological polar surface area (TPSA) is 120 Å². The Morgan fingerprint density at radius 2 is 1.66 bits per heavy atom. The first-order valence-corrected chi connectivity index (χ1v) is 12.8. The highest BCUT2D eigenvalue weighted by Gasteiger charge is 2.43. The van der Waals surface area contributed by atoms with Crippen LogP contribution in [0.1, 0.15) is 50.7 Å². The van der Waals surface area contributed by atoms with Gasteiger partial charge < -0.3 is 24.4 Å². The van der Waals surface area contributed by atoms with Gasteiger partial charge in [0, 0.05) is 32.0 Å². The number of amides is 2. The van der Waals surface area contributed by atoms with E-state index in [-0.39, 0.29) is 45.0 Å². The molecule has 2 atom stereocenters. The average Bonchev–Trinajstić information content (AvgIpc) is 3.44. The predicted octanol–water partition coefficient (Wildman–Crippen LogP) is 4.86. The molecule has 2 unspecified atom stereocenters. The smallest absolute Gasteiger partial charge is 0.410 e. The number of rotatable bonds is 7. The van der Waals surface area contributed by atoms with Gasteiger partial charge in [-0.1, -0.05) is 48.5 Å². The second-order valence-electron chi connectivity index (χ2n) is 10.7. The summed E-state index contributed by atoms with van der Waals surface area (Å²) in [6.45, 7) is 5.68. The first kappa shape index (κ1) is 27.0. The molecule has 1 fully saturated rings. The Balaban J connectivity index is 1.52. The van der Waals surface area contributed by atoms with Gasteiger partial charge in [0.15, 0.2) is 0 Å². The van der Waals surface area contributed by atoms with E-state index in [4.69, 9.17) is 14.6 Å². The number of likely N-dealkylation sites (tertiary alicyclic amines) is 1. The van der Waals surface area contributed by atoms with E-state index in [1.807, 2.05) is 36.4 Å². The monoisotopic (exact) mass is 519 g/mol. The van der Waals surface area contributed by atoms with Crippen molar-refractivity contribution in [3.05, 3.63) is 59.7 Å². The summed E-state index contributed by atoms with van der Waals surface area (Å²) in [5.41, 5.74) is 3.66. The molecule has 1 heterocycles. The van der Waals surface area contributed by atoms with E-state index in [1.54, 1.807) is 20.8 Å². The minimum absolute atomic E-state index is 0.0912. The van der Waals surface area contributed by atoms with E-state index in [0.29, 0.717) is 0 Å². The number of carbonyl (C=O) groups excluding carboxylic acids is 2. The summed E-state index contributed by atoms with van der Waals surface area (Å²) in [4.78, 5) is 40.1. The quantitative estimate of drug-likeness (QED) is 0.554. The molecule has 0 saturated carbocycles. The van der Waals surface area contributed by atoms with Crippen molar-refractivity contribution in [1.82, 2.24) is 9.80 Å². The van der Waals surface area contributed by atoms with Crippen LogP contribution in [-0.2, 0) is 14.3 Å². The fraction of sp³-hybridized carbons (Fsp3) is 0.448. The number of hydrogen-bond donors (Lipinski definition) is 1. The van der Waals surface area contributed by atoms with Crippen molar-refractivity contribution in [3.8, 4) is 17.2 Å². The number of nitrogens with zero attached hydrogens (tertiary/aromatic N) is 3. The summed E-state index contributed by atoms with van der Waals surface area (Å²) in [6.07, 6.45) is -1.13. The third-order valence-electron chi connectivity index (χ3n) is 6.87. The molecule has 0 bridgehead atoms. The van der Waals surface area contributed by atoms with E-state index in [9.17, 15) is 19.6 Å². The van der Waals surface area contributed by atoms with Crippen LogP contribution in [0.5, 0.6) is 0 Å². The van der Waals surface area contributed by atoms with E-state index >= 15 is 0 Å². The molecule has 0 spiro atoms. The maximum Gasteiger partial charge on any atom is 0.410 e. The molecule has 9 heteroatoms. The molecule has 1 N–H and O–H groups in total. The van der Waals surface area contributed by atoms with Gasteiger partial charge >= 0.3 is 18.2 Å². The number of nitriles is 1. The first-order chi connectivity index (χ1) is 18.1.